The molecule has 2 atom stereocenters. The SMILES string of the molecule is CC(CC(C)P(C(C)(C)C)C(C)(C)C)P(C(C)(C)C)C(C)(C)C. The lowest BCUT2D eigenvalue weighted by Gasteiger charge is -2.49. The summed E-state index contributed by atoms with van der Waals surface area (Å²) in [7, 11) is -0.0452. The molecule has 0 heterocycles. The van der Waals surface area contributed by atoms with Crippen LogP contribution in [0.3, 0.4) is 0 Å². The molecule has 0 radical (unpaired) electrons. The summed E-state index contributed by atoms with van der Waals surface area (Å²) in [5.41, 5.74) is 1.66. The van der Waals surface area contributed by atoms with Gasteiger partial charge in [-0.25, -0.2) is 0 Å². The van der Waals surface area contributed by atoms with Gasteiger partial charge >= 0.3 is 0 Å². The van der Waals surface area contributed by atoms with E-state index in [1.165, 1.54) is 6.42 Å². The highest BCUT2D eigenvalue weighted by atomic mass is 31.1. The van der Waals surface area contributed by atoms with Crippen molar-refractivity contribution >= 4 is 15.8 Å². The largest absolute Gasteiger partial charge is 0.0927 e. The van der Waals surface area contributed by atoms with Crippen molar-refractivity contribution in [1.82, 2.24) is 0 Å². The molecule has 0 amide bonds. The summed E-state index contributed by atoms with van der Waals surface area (Å²) >= 11 is 0. The van der Waals surface area contributed by atoms with Gasteiger partial charge in [0.2, 0.25) is 0 Å². The fourth-order valence-corrected chi connectivity index (χ4v) is 15.9. The summed E-state index contributed by atoms with van der Waals surface area (Å²) < 4.78 is 0. The maximum absolute atomic E-state index is 2.54. The zero-order valence-electron chi connectivity index (χ0n) is 18.8. The van der Waals surface area contributed by atoms with Crippen molar-refractivity contribution in [1.29, 1.82) is 0 Å². The summed E-state index contributed by atoms with van der Waals surface area (Å²) in [6, 6.07) is 0. The van der Waals surface area contributed by atoms with E-state index in [0.29, 0.717) is 20.6 Å². The van der Waals surface area contributed by atoms with Crippen LogP contribution >= 0.6 is 15.8 Å². The molecule has 140 valence electrons. The van der Waals surface area contributed by atoms with E-state index in [1.54, 1.807) is 0 Å². The van der Waals surface area contributed by atoms with Gasteiger partial charge in [0, 0.05) is 0 Å². The Labute approximate surface area is 151 Å². The lowest BCUT2D eigenvalue weighted by atomic mass is 10.2. The quantitative estimate of drug-likeness (QED) is 0.442. The first-order chi connectivity index (χ1) is 9.79. The van der Waals surface area contributed by atoms with Gasteiger partial charge in [-0.05, 0) is 38.4 Å². The molecule has 0 aliphatic rings. The van der Waals surface area contributed by atoms with E-state index in [0.717, 1.165) is 11.3 Å². The third-order valence-electron chi connectivity index (χ3n) is 4.45. The Bertz CT molecular complexity index is 293. The molecule has 2 unspecified atom stereocenters. The molecule has 0 rings (SSSR count). The van der Waals surface area contributed by atoms with Crippen LogP contribution < -0.4 is 0 Å². The van der Waals surface area contributed by atoms with E-state index in [9.17, 15) is 0 Å². The van der Waals surface area contributed by atoms with Gasteiger partial charge in [-0.2, -0.15) is 0 Å². The molecular formula is C21H46P2. The lowest BCUT2D eigenvalue weighted by Crippen LogP contribution is -2.34. The van der Waals surface area contributed by atoms with Crippen molar-refractivity contribution in [3.05, 3.63) is 0 Å². The van der Waals surface area contributed by atoms with Gasteiger partial charge in [-0.15, -0.1) is 0 Å². The first-order valence-electron chi connectivity index (χ1n) is 9.38. The monoisotopic (exact) mass is 360 g/mol. The van der Waals surface area contributed by atoms with Crippen LogP contribution in [0.25, 0.3) is 0 Å². The molecule has 0 fully saturated rings. The minimum absolute atomic E-state index is 0.0226. The highest BCUT2D eigenvalue weighted by molar-refractivity contribution is 7.62. The van der Waals surface area contributed by atoms with Crippen molar-refractivity contribution in [2.24, 2.45) is 0 Å². The van der Waals surface area contributed by atoms with E-state index in [1.807, 2.05) is 0 Å². The van der Waals surface area contributed by atoms with E-state index in [2.05, 4.69) is 96.9 Å². The Morgan fingerprint density at radius 2 is 0.652 bits per heavy atom. The molecule has 0 saturated carbocycles. The Morgan fingerprint density at radius 3 is 0.783 bits per heavy atom. The molecular weight excluding hydrogens is 314 g/mol. The molecule has 23 heavy (non-hydrogen) atoms. The molecule has 0 spiro atoms. The Balaban J connectivity index is 5.44. The van der Waals surface area contributed by atoms with E-state index >= 15 is 0 Å². The molecule has 0 aliphatic carbocycles. The predicted octanol–water partition coefficient (Wildman–Crippen LogP) is 8.31. The average Bonchev–Trinajstić information content (AvgIpc) is 2.04. The number of rotatable bonds is 4. The zero-order valence-corrected chi connectivity index (χ0v) is 20.5. The smallest absolute Gasteiger partial charge is 0.0172 e. The molecule has 0 aromatic carbocycles. The third-order valence-corrected chi connectivity index (χ3v) is 12.4. The van der Waals surface area contributed by atoms with Gasteiger partial charge in [-0.3, -0.25) is 0 Å². The predicted molar refractivity (Wildman–Crippen MR) is 116 cm³/mol. The van der Waals surface area contributed by atoms with Crippen LogP contribution in [0.4, 0.5) is 0 Å². The fourth-order valence-electron chi connectivity index (χ4n) is 5.36. The van der Waals surface area contributed by atoms with Crippen molar-refractivity contribution in [3.63, 3.8) is 0 Å². The van der Waals surface area contributed by atoms with Crippen molar-refractivity contribution in [2.45, 2.75) is 135 Å². The Kier molecular flexibility index (Phi) is 7.91. The van der Waals surface area contributed by atoms with E-state index in [4.69, 9.17) is 0 Å². The van der Waals surface area contributed by atoms with Crippen LogP contribution in [0.1, 0.15) is 103 Å². The maximum Gasteiger partial charge on any atom is -0.0172 e. The standard InChI is InChI=1S/C21H46P2/c1-16(22(18(3,4)5)19(6,7)8)15-17(2)23(20(9,10)11)21(12,13)14/h16-17H,15H2,1-14H3. The topological polar surface area (TPSA) is 0 Å². The van der Waals surface area contributed by atoms with Crippen LogP contribution in [-0.2, 0) is 0 Å². The first-order valence-corrected chi connectivity index (χ1v) is 12.2. The summed E-state index contributed by atoms with van der Waals surface area (Å²) in [5.74, 6) is 0. The highest BCUT2D eigenvalue weighted by Gasteiger charge is 2.42. The van der Waals surface area contributed by atoms with Gasteiger partial charge in [0.1, 0.15) is 0 Å². The molecule has 0 saturated heterocycles. The Morgan fingerprint density at radius 1 is 0.478 bits per heavy atom. The third kappa shape index (κ3) is 7.32. The number of hydrogen-bond acceptors (Lipinski definition) is 0. The molecule has 2 heteroatoms. The second kappa shape index (κ2) is 7.62. The normalized spacial score (nSPS) is 17.7. The average molecular weight is 361 g/mol. The van der Waals surface area contributed by atoms with Crippen molar-refractivity contribution in [2.75, 3.05) is 0 Å². The van der Waals surface area contributed by atoms with E-state index < -0.39 is 0 Å². The Hall–Kier alpha value is 0.860. The lowest BCUT2D eigenvalue weighted by molar-refractivity contribution is 0.644. The second-order valence-corrected chi connectivity index (χ2v) is 20.0. The first kappa shape index (κ1) is 23.9. The summed E-state index contributed by atoms with van der Waals surface area (Å²) in [6.45, 7) is 34.6. The van der Waals surface area contributed by atoms with Crippen LogP contribution in [0, 0.1) is 0 Å². The molecule has 0 N–H and O–H groups in total. The highest BCUT2D eigenvalue weighted by Crippen LogP contribution is 2.67. The van der Waals surface area contributed by atoms with Crippen LogP contribution in [-0.4, -0.2) is 31.9 Å². The summed E-state index contributed by atoms with van der Waals surface area (Å²) in [4.78, 5) is 0. The zero-order chi connectivity index (χ0) is 19.0. The molecule has 0 bridgehead atoms. The van der Waals surface area contributed by atoms with Crippen molar-refractivity contribution in [3.8, 4) is 0 Å². The van der Waals surface area contributed by atoms with Gasteiger partial charge in [0.05, 0.1) is 0 Å². The molecule has 0 aromatic heterocycles. The summed E-state index contributed by atoms with van der Waals surface area (Å²) in [6.07, 6.45) is 1.39. The van der Waals surface area contributed by atoms with Gasteiger partial charge < -0.3 is 0 Å². The van der Waals surface area contributed by atoms with Crippen LogP contribution in [0.5, 0.6) is 0 Å². The minimum atomic E-state index is -0.0226. The molecule has 0 nitrogen and oxygen atoms in total. The van der Waals surface area contributed by atoms with Crippen LogP contribution in [0.15, 0.2) is 0 Å². The van der Waals surface area contributed by atoms with Gasteiger partial charge in [-0.1, -0.05) is 113 Å². The molecule has 0 aliphatic heterocycles. The second-order valence-electron chi connectivity index (χ2n) is 11.4. The van der Waals surface area contributed by atoms with Crippen molar-refractivity contribution < 1.29 is 0 Å². The number of hydrogen-bond donors (Lipinski definition) is 0. The maximum atomic E-state index is 2.54. The fraction of sp³-hybridized carbons (Fsp3) is 1.00. The molecule has 0 aromatic rings. The van der Waals surface area contributed by atoms with Gasteiger partial charge in [0.25, 0.3) is 0 Å². The summed E-state index contributed by atoms with van der Waals surface area (Å²) in [5, 5.41) is 1.72. The van der Waals surface area contributed by atoms with Gasteiger partial charge in [0.15, 0.2) is 0 Å². The minimum Gasteiger partial charge on any atom is -0.0927 e. The van der Waals surface area contributed by atoms with E-state index in [-0.39, 0.29) is 15.8 Å². The van der Waals surface area contributed by atoms with Crippen LogP contribution in [0.2, 0.25) is 0 Å².